The lowest BCUT2D eigenvalue weighted by molar-refractivity contribution is 0.0608. The molecule has 0 radical (unpaired) electrons. The van der Waals surface area contributed by atoms with Crippen LogP contribution in [0, 0.1) is 11.7 Å². The molecule has 3 amide bonds. The second-order valence-electron chi connectivity index (χ2n) is 11.5. The van der Waals surface area contributed by atoms with Crippen LogP contribution < -0.4 is 16.6 Å². The first kappa shape index (κ1) is 27.2. The Bertz CT molecular complexity index is 1640. The Kier molecular flexibility index (Phi) is 7.14. The number of rotatable bonds is 5. The highest BCUT2D eigenvalue weighted by Gasteiger charge is 2.36. The molecule has 3 aliphatic heterocycles. The van der Waals surface area contributed by atoms with Gasteiger partial charge < -0.3 is 19.9 Å². The van der Waals surface area contributed by atoms with Crippen LogP contribution in [0.1, 0.15) is 55.1 Å². The predicted octanol–water partition coefficient (Wildman–Crippen LogP) is 3.57. The van der Waals surface area contributed by atoms with Crippen LogP contribution in [0.3, 0.4) is 0 Å². The molecule has 0 bridgehead atoms. The van der Waals surface area contributed by atoms with Crippen LogP contribution in [0.15, 0.2) is 46.0 Å². The molecule has 6 rings (SSSR count). The van der Waals surface area contributed by atoms with E-state index < -0.39 is 23.1 Å². The zero-order chi connectivity index (χ0) is 28.8. The van der Waals surface area contributed by atoms with Gasteiger partial charge in [0.2, 0.25) is 0 Å². The van der Waals surface area contributed by atoms with Crippen molar-refractivity contribution in [2.24, 2.45) is 5.92 Å². The Hall–Kier alpha value is -3.99. The van der Waals surface area contributed by atoms with Gasteiger partial charge in [-0.1, -0.05) is 18.2 Å². The number of ether oxygens (including phenoxy) is 1. The Labute approximate surface area is 236 Å². The number of amides is 3. The summed E-state index contributed by atoms with van der Waals surface area (Å²) >= 11 is 0. The van der Waals surface area contributed by atoms with E-state index in [1.807, 2.05) is 29.2 Å². The first-order chi connectivity index (χ1) is 19.7. The van der Waals surface area contributed by atoms with E-state index in [9.17, 15) is 19.2 Å². The van der Waals surface area contributed by atoms with Gasteiger partial charge in [0.15, 0.2) is 0 Å². The minimum Gasteiger partial charge on any atom is -0.381 e. The molecule has 11 heteroatoms. The van der Waals surface area contributed by atoms with Gasteiger partial charge in [-0.3, -0.25) is 18.7 Å². The number of fused-ring (bicyclic) bond motifs is 2. The van der Waals surface area contributed by atoms with Crippen LogP contribution in [0.2, 0.25) is 0 Å². The summed E-state index contributed by atoms with van der Waals surface area (Å²) in [5, 5.41) is 2.81. The van der Waals surface area contributed by atoms with Gasteiger partial charge in [0.05, 0.1) is 29.2 Å². The molecule has 216 valence electrons. The highest BCUT2D eigenvalue weighted by atomic mass is 19.1. The molecular formula is C30H34FN5O5. The highest BCUT2D eigenvalue weighted by Crippen LogP contribution is 2.29. The normalized spacial score (nSPS) is 20.7. The van der Waals surface area contributed by atoms with Crippen molar-refractivity contribution in [1.82, 2.24) is 18.9 Å². The lowest BCUT2D eigenvalue weighted by Crippen LogP contribution is -2.51. The average molecular weight is 564 g/mol. The first-order valence-electron chi connectivity index (χ1n) is 14.2. The average Bonchev–Trinajstić information content (AvgIpc) is 3.60. The topological polar surface area (TPSA) is 106 Å². The molecule has 0 spiro atoms. The van der Waals surface area contributed by atoms with Gasteiger partial charge in [0.25, 0.3) is 11.5 Å². The maximum Gasteiger partial charge on any atom is 0.331 e. The van der Waals surface area contributed by atoms with Crippen molar-refractivity contribution in [3.05, 3.63) is 74.2 Å². The van der Waals surface area contributed by atoms with Crippen LogP contribution in [0.25, 0.3) is 10.9 Å². The van der Waals surface area contributed by atoms with Crippen LogP contribution in [-0.4, -0.2) is 63.2 Å². The van der Waals surface area contributed by atoms with E-state index in [4.69, 9.17) is 4.74 Å². The quantitative estimate of drug-likeness (QED) is 0.511. The molecule has 1 unspecified atom stereocenters. The predicted molar refractivity (Wildman–Crippen MR) is 152 cm³/mol. The molecule has 2 aromatic carbocycles. The van der Waals surface area contributed by atoms with E-state index in [0.717, 1.165) is 24.5 Å². The van der Waals surface area contributed by atoms with Crippen LogP contribution in [0.4, 0.5) is 14.9 Å². The van der Waals surface area contributed by atoms with Crippen molar-refractivity contribution in [3.8, 4) is 0 Å². The van der Waals surface area contributed by atoms with Crippen molar-refractivity contribution < 1.29 is 18.7 Å². The maximum atomic E-state index is 15.4. The van der Waals surface area contributed by atoms with Crippen molar-refractivity contribution in [2.75, 3.05) is 31.6 Å². The van der Waals surface area contributed by atoms with Gasteiger partial charge >= 0.3 is 11.7 Å². The number of nitrogens with one attached hydrogen (secondary N) is 1. The maximum absolute atomic E-state index is 15.4. The van der Waals surface area contributed by atoms with Gasteiger partial charge in [-0.25, -0.2) is 14.0 Å². The fourth-order valence-corrected chi connectivity index (χ4v) is 6.30. The van der Waals surface area contributed by atoms with Crippen molar-refractivity contribution >= 4 is 28.5 Å². The number of hydrogen-bond acceptors (Lipinski definition) is 5. The number of aromatic nitrogens is 2. The number of anilines is 1. The molecule has 3 aromatic rings. The molecule has 2 fully saturated rings. The monoisotopic (exact) mass is 563 g/mol. The van der Waals surface area contributed by atoms with E-state index in [0.29, 0.717) is 44.8 Å². The van der Waals surface area contributed by atoms with Gasteiger partial charge in [-0.2, -0.15) is 0 Å². The van der Waals surface area contributed by atoms with E-state index >= 15 is 4.39 Å². The van der Waals surface area contributed by atoms with Crippen LogP contribution in [0.5, 0.6) is 0 Å². The van der Waals surface area contributed by atoms with Crippen molar-refractivity contribution in [1.29, 1.82) is 0 Å². The van der Waals surface area contributed by atoms with Crippen LogP contribution >= 0.6 is 0 Å². The largest absolute Gasteiger partial charge is 0.381 e. The fourth-order valence-electron chi connectivity index (χ4n) is 6.30. The Morgan fingerprint density at radius 3 is 2.68 bits per heavy atom. The van der Waals surface area contributed by atoms with E-state index in [2.05, 4.69) is 5.32 Å². The van der Waals surface area contributed by atoms with E-state index in [-0.39, 0.29) is 47.0 Å². The molecular weight excluding hydrogens is 529 g/mol. The zero-order valence-corrected chi connectivity index (χ0v) is 23.3. The Balaban J connectivity index is 1.26. The summed E-state index contributed by atoms with van der Waals surface area (Å²) in [6.07, 6.45) is 2.23. The molecule has 10 nitrogen and oxygen atoms in total. The number of halogens is 1. The standard InChI is InChI=1S/C30H34FN5O5/c1-18(2)36-26-13-24(31)25(12-23(26)28(38)35(30(36)40)14-19-9-11-41-17-19)32-29(39)33-10-5-7-21(16-33)34-15-20-6-3-4-8-22(20)27(34)37/h3-4,6,8,12-13,18-19,21H,5,7,9-11,14-17H2,1-2H3,(H,32,39)/t19?,21-/m1/s1. The summed E-state index contributed by atoms with van der Waals surface area (Å²) in [4.78, 5) is 56.5. The van der Waals surface area contributed by atoms with Gasteiger partial charge in [-0.15, -0.1) is 0 Å². The summed E-state index contributed by atoms with van der Waals surface area (Å²) in [7, 11) is 0. The number of likely N-dealkylation sites (tertiary alicyclic amines) is 1. The number of carbonyl (C=O) groups is 2. The summed E-state index contributed by atoms with van der Waals surface area (Å²) in [5.41, 5.74) is 0.722. The summed E-state index contributed by atoms with van der Waals surface area (Å²) in [5.74, 6) is -0.731. The second kappa shape index (κ2) is 10.8. The molecule has 2 saturated heterocycles. The summed E-state index contributed by atoms with van der Waals surface area (Å²) < 4.78 is 23.4. The Morgan fingerprint density at radius 2 is 1.95 bits per heavy atom. The lowest BCUT2D eigenvalue weighted by Gasteiger charge is -2.37. The molecule has 41 heavy (non-hydrogen) atoms. The SMILES string of the molecule is CC(C)n1c(=O)n(CC2CCOC2)c(=O)c2cc(NC(=O)N3CCC[C@@H](N4Cc5ccccc5C4=O)C3)c(F)cc21. The number of carbonyl (C=O) groups excluding carboxylic acids is 2. The molecule has 0 saturated carbocycles. The van der Waals surface area contributed by atoms with Gasteiger partial charge in [-0.05, 0) is 50.8 Å². The fraction of sp³-hybridized carbons (Fsp3) is 0.467. The van der Waals surface area contributed by atoms with Crippen molar-refractivity contribution in [2.45, 2.75) is 58.3 Å². The lowest BCUT2D eigenvalue weighted by atomic mass is 10.0. The van der Waals surface area contributed by atoms with Crippen LogP contribution in [-0.2, 0) is 17.8 Å². The zero-order valence-electron chi connectivity index (χ0n) is 23.3. The minimum atomic E-state index is -0.736. The number of hydrogen-bond donors (Lipinski definition) is 1. The smallest absolute Gasteiger partial charge is 0.331 e. The molecule has 3 aliphatic rings. The van der Waals surface area contributed by atoms with Gasteiger partial charge in [0, 0.05) is 56.4 Å². The molecule has 0 aliphatic carbocycles. The summed E-state index contributed by atoms with van der Waals surface area (Å²) in [6, 6.07) is 9.02. The first-order valence-corrected chi connectivity index (χ1v) is 14.2. The Morgan fingerprint density at radius 1 is 1.15 bits per heavy atom. The van der Waals surface area contributed by atoms with E-state index in [1.54, 1.807) is 18.7 Å². The highest BCUT2D eigenvalue weighted by molar-refractivity contribution is 5.98. The third-order valence-electron chi connectivity index (χ3n) is 8.45. The number of piperidine rings is 1. The molecule has 4 heterocycles. The third kappa shape index (κ3) is 4.92. The van der Waals surface area contributed by atoms with Crippen molar-refractivity contribution in [3.63, 3.8) is 0 Å². The molecule has 2 atom stereocenters. The number of nitrogens with zero attached hydrogens (tertiary/aromatic N) is 4. The minimum absolute atomic E-state index is 0.0370. The molecule has 1 aromatic heterocycles. The molecule has 1 N–H and O–H groups in total. The second-order valence-corrected chi connectivity index (χ2v) is 11.5. The number of urea groups is 1. The summed E-state index contributed by atoms with van der Waals surface area (Å²) in [6.45, 7) is 6.18. The van der Waals surface area contributed by atoms with Gasteiger partial charge in [0.1, 0.15) is 5.82 Å². The van der Waals surface area contributed by atoms with E-state index in [1.165, 1.54) is 15.2 Å². The third-order valence-corrected chi connectivity index (χ3v) is 8.45. The number of benzene rings is 2.